The third-order valence-electron chi connectivity index (χ3n) is 0.588. The van der Waals surface area contributed by atoms with Gasteiger partial charge in [0.2, 0.25) is 0 Å². The van der Waals surface area contributed by atoms with Gasteiger partial charge in [0.15, 0.2) is 0 Å². The van der Waals surface area contributed by atoms with Crippen LogP contribution in [-0.2, 0) is 0 Å². The molecule has 0 fully saturated rings. The van der Waals surface area contributed by atoms with Gasteiger partial charge in [0.05, 0.1) is 4.99 Å². The van der Waals surface area contributed by atoms with Gasteiger partial charge >= 0.3 is 0 Å². The van der Waals surface area contributed by atoms with Crippen molar-refractivity contribution in [2.75, 3.05) is 13.1 Å². The smallest absolute Gasteiger partial charge is 0.0867 e. The lowest BCUT2D eigenvalue weighted by Gasteiger charge is -1.95. The van der Waals surface area contributed by atoms with E-state index in [9.17, 15) is 0 Å². The zero-order valence-corrected chi connectivity index (χ0v) is 5.50. The lowest BCUT2D eigenvalue weighted by molar-refractivity contribution is 0.868. The molecule has 0 radical (unpaired) electrons. The van der Waals surface area contributed by atoms with Crippen molar-refractivity contribution in [1.29, 1.82) is 0 Å². The fourth-order valence-electron chi connectivity index (χ4n) is 0.297. The van der Waals surface area contributed by atoms with Gasteiger partial charge in [0.1, 0.15) is 0 Å². The largest absolute Gasteiger partial charge is 0.392 e. The molecule has 2 nitrogen and oxygen atoms in total. The van der Waals surface area contributed by atoms with E-state index in [1.54, 1.807) is 6.08 Å². The van der Waals surface area contributed by atoms with Crippen molar-refractivity contribution in [3.05, 3.63) is 12.7 Å². The van der Waals surface area contributed by atoms with Gasteiger partial charge in [0.25, 0.3) is 0 Å². The van der Waals surface area contributed by atoms with Crippen molar-refractivity contribution in [2.45, 2.75) is 0 Å². The second-order valence-electron chi connectivity index (χ2n) is 1.39. The molecule has 0 aliphatic carbocycles. The Labute approximate surface area is 54.8 Å². The van der Waals surface area contributed by atoms with E-state index in [0.717, 1.165) is 6.54 Å². The molecule has 0 aliphatic heterocycles. The van der Waals surface area contributed by atoms with E-state index in [2.05, 4.69) is 24.1 Å². The maximum atomic E-state index is 5.17. The first kappa shape index (κ1) is 7.59. The van der Waals surface area contributed by atoms with Crippen LogP contribution < -0.4 is 11.1 Å². The van der Waals surface area contributed by atoms with E-state index < -0.39 is 0 Å². The molecule has 0 aromatic rings. The molecule has 0 aromatic heterocycles. The zero-order valence-electron chi connectivity index (χ0n) is 4.68. The summed E-state index contributed by atoms with van der Waals surface area (Å²) in [6.45, 7) is 4.87. The van der Waals surface area contributed by atoms with Crippen LogP contribution in [-0.4, -0.2) is 18.1 Å². The standard InChI is InChI=1S/C5H10N2S/c1-2-3-7-4-5(6)8/h2,7H,1,3-4H2,(H2,6,8). The molecule has 0 rings (SSSR count). The molecule has 46 valence electrons. The molecule has 0 spiro atoms. The summed E-state index contributed by atoms with van der Waals surface area (Å²) in [5.41, 5.74) is 5.17. The maximum absolute atomic E-state index is 5.17. The van der Waals surface area contributed by atoms with Gasteiger partial charge in [-0.1, -0.05) is 18.3 Å². The Hall–Kier alpha value is -0.410. The molecule has 3 heteroatoms. The molecule has 3 N–H and O–H groups in total. The molecule has 0 amide bonds. The number of hydrogen-bond donors (Lipinski definition) is 2. The van der Waals surface area contributed by atoms with Gasteiger partial charge in [-0.3, -0.25) is 0 Å². The SMILES string of the molecule is C=CCNCC(N)=S. The van der Waals surface area contributed by atoms with Crippen LogP contribution in [0.2, 0.25) is 0 Å². The Morgan fingerprint density at radius 2 is 2.50 bits per heavy atom. The van der Waals surface area contributed by atoms with Crippen LogP contribution in [0.3, 0.4) is 0 Å². The number of nitrogens with one attached hydrogen (secondary N) is 1. The predicted molar refractivity (Wildman–Crippen MR) is 39.9 cm³/mol. The quantitative estimate of drug-likeness (QED) is 0.321. The summed E-state index contributed by atoms with van der Waals surface area (Å²) in [5.74, 6) is 0. The monoisotopic (exact) mass is 130 g/mol. The van der Waals surface area contributed by atoms with Crippen molar-refractivity contribution < 1.29 is 0 Å². The van der Waals surface area contributed by atoms with E-state index in [1.165, 1.54) is 0 Å². The highest BCUT2D eigenvalue weighted by molar-refractivity contribution is 7.80. The summed E-state index contributed by atoms with van der Waals surface area (Å²) < 4.78 is 0. The van der Waals surface area contributed by atoms with Crippen molar-refractivity contribution in [2.24, 2.45) is 5.73 Å². The summed E-state index contributed by atoms with van der Waals surface area (Å²) >= 11 is 4.59. The number of rotatable bonds is 4. The van der Waals surface area contributed by atoms with Crippen molar-refractivity contribution in [1.82, 2.24) is 5.32 Å². The fourth-order valence-corrected chi connectivity index (χ4v) is 0.399. The lowest BCUT2D eigenvalue weighted by Crippen LogP contribution is -2.26. The molecular weight excluding hydrogens is 120 g/mol. The van der Waals surface area contributed by atoms with Crippen molar-refractivity contribution in [3.63, 3.8) is 0 Å². The van der Waals surface area contributed by atoms with Crippen LogP contribution in [0.5, 0.6) is 0 Å². The Bertz CT molecular complexity index is 90.4. The summed E-state index contributed by atoms with van der Waals surface area (Å²) in [4.78, 5) is 0.492. The molecule has 0 unspecified atom stereocenters. The van der Waals surface area contributed by atoms with Crippen LogP contribution in [0, 0.1) is 0 Å². The molecule has 0 saturated carbocycles. The molecule has 0 heterocycles. The highest BCUT2D eigenvalue weighted by Crippen LogP contribution is 1.62. The Morgan fingerprint density at radius 3 is 2.88 bits per heavy atom. The van der Waals surface area contributed by atoms with E-state index in [0.29, 0.717) is 11.5 Å². The van der Waals surface area contributed by atoms with Gasteiger partial charge in [-0.15, -0.1) is 6.58 Å². The highest BCUT2D eigenvalue weighted by Gasteiger charge is 1.82. The van der Waals surface area contributed by atoms with Crippen molar-refractivity contribution >= 4 is 17.2 Å². The average Bonchev–Trinajstić information content (AvgIpc) is 1.66. The van der Waals surface area contributed by atoms with E-state index in [-0.39, 0.29) is 0 Å². The van der Waals surface area contributed by atoms with Gasteiger partial charge in [0, 0.05) is 13.1 Å². The second-order valence-corrected chi connectivity index (χ2v) is 1.91. The Balaban J connectivity index is 2.93. The first-order chi connectivity index (χ1) is 3.77. The summed E-state index contributed by atoms with van der Waals surface area (Å²) in [6.07, 6.45) is 1.76. The fraction of sp³-hybridized carbons (Fsp3) is 0.400. The number of nitrogens with two attached hydrogens (primary N) is 1. The molecule has 0 bridgehead atoms. The van der Waals surface area contributed by atoms with E-state index in [1.807, 2.05) is 0 Å². The summed E-state index contributed by atoms with van der Waals surface area (Å²) in [7, 11) is 0. The normalized spacial score (nSPS) is 8.50. The third-order valence-corrected chi connectivity index (χ3v) is 0.732. The minimum absolute atomic E-state index is 0.492. The Morgan fingerprint density at radius 1 is 1.88 bits per heavy atom. The number of hydrogen-bond acceptors (Lipinski definition) is 2. The average molecular weight is 130 g/mol. The van der Waals surface area contributed by atoms with Crippen molar-refractivity contribution in [3.8, 4) is 0 Å². The minimum Gasteiger partial charge on any atom is -0.392 e. The van der Waals surface area contributed by atoms with Crippen LogP contribution in [0.25, 0.3) is 0 Å². The van der Waals surface area contributed by atoms with E-state index >= 15 is 0 Å². The van der Waals surface area contributed by atoms with Gasteiger partial charge in [-0.25, -0.2) is 0 Å². The van der Waals surface area contributed by atoms with Gasteiger partial charge in [-0.2, -0.15) is 0 Å². The molecule has 0 atom stereocenters. The van der Waals surface area contributed by atoms with Gasteiger partial charge < -0.3 is 11.1 Å². The first-order valence-corrected chi connectivity index (χ1v) is 2.78. The predicted octanol–water partition coefficient (Wildman–Crippen LogP) is 0.0481. The highest BCUT2D eigenvalue weighted by atomic mass is 32.1. The minimum atomic E-state index is 0.492. The zero-order chi connectivity index (χ0) is 6.41. The van der Waals surface area contributed by atoms with Crippen LogP contribution >= 0.6 is 12.2 Å². The summed E-state index contributed by atoms with van der Waals surface area (Å²) in [5, 5.41) is 2.95. The first-order valence-electron chi connectivity index (χ1n) is 2.37. The van der Waals surface area contributed by atoms with Crippen LogP contribution in [0.1, 0.15) is 0 Å². The number of thiocarbonyl (C=S) groups is 1. The summed E-state index contributed by atoms with van der Waals surface area (Å²) in [6, 6.07) is 0. The molecule has 0 aromatic carbocycles. The lowest BCUT2D eigenvalue weighted by atomic mass is 10.6. The topological polar surface area (TPSA) is 38.0 Å². The molecular formula is C5H10N2S. The molecule has 0 saturated heterocycles. The maximum Gasteiger partial charge on any atom is 0.0867 e. The molecule has 8 heavy (non-hydrogen) atoms. The van der Waals surface area contributed by atoms with Crippen LogP contribution in [0.15, 0.2) is 12.7 Å². The van der Waals surface area contributed by atoms with Gasteiger partial charge in [-0.05, 0) is 0 Å². The Kier molecular flexibility index (Phi) is 4.50. The third kappa shape index (κ3) is 5.59. The molecule has 0 aliphatic rings. The second kappa shape index (κ2) is 4.74. The van der Waals surface area contributed by atoms with E-state index in [4.69, 9.17) is 5.73 Å². The van der Waals surface area contributed by atoms with Crippen LogP contribution in [0.4, 0.5) is 0 Å².